The van der Waals surface area contributed by atoms with Crippen LogP contribution in [0.15, 0.2) is 45.4 Å². The summed E-state index contributed by atoms with van der Waals surface area (Å²) in [5.74, 6) is -5.95. The quantitative estimate of drug-likeness (QED) is 0.0684. The number of carboxylic acid groups (broad SMARTS) is 1. The van der Waals surface area contributed by atoms with Crippen molar-refractivity contribution in [3.05, 3.63) is 54.3 Å². The van der Waals surface area contributed by atoms with Crippen LogP contribution in [0.25, 0.3) is 0 Å². The average molecular weight is 724 g/mol. The van der Waals surface area contributed by atoms with E-state index in [1.54, 1.807) is 21.1 Å². The van der Waals surface area contributed by atoms with Gasteiger partial charge in [-0.2, -0.15) is 8.78 Å². The summed E-state index contributed by atoms with van der Waals surface area (Å²) in [4.78, 5) is 67.2. The molecule has 1 aliphatic heterocycles. The Morgan fingerprint density at radius 1 is 0.837 bits per heavy atom. The van der Waals surface area contributed by atoms with Gasteiger partial charge in [0.25, 0.3) is 11.9 Å². The summed E-state index contributed by atoms with van der Waals surface area (Å²) < 4.78 is 55.9. The summed E-state index contributed by atoms with van der Waals surface area (Å²) in [5.41, 5.74) is -0.258. The molecule has 49 heavy (non-hydrogen) atoms. The zero-order chi connectivity index (χ0) is 39.4. The molecule has 1 amide bonds. The maximum absolute atomic E-state index is 13.0. The Morgan fingerprint density at radius 3 is 1.35 bits per heavy atom. The number of hydrogen-bond acceptors (Lipinski definition) is 12. The van der Waals surface area contributed by atoms with Gasteiger partial charge in [-0.05, 0) is 50.5 Å². The number of rotatable bonds is 2. The van der Waals surface area contributed by atoms with Gasteiger partial charge >= 0.3 is 11.9 Å². The number of hydroxylamine groups is 2. The number of hydrogen-bond donors (Lipinski definition) is 1. The van der Waals surface area contributed by atoms with Crippen molar-refractivity contribution >= 4 is 59.0 Å². The largest absolute Gasteiger partial charge is 0.481 e. The number of nitrogens with zero attached hydrogens (tertiary/aromatic N) is 5. The van der Waals surface area contributed by atoms with Crippen LogP contribution in [-0.4, -0.2) is 85.2 Å². The molecule has 0 saturated carbocycles. The Balaban J connectivity index is -0.0000000912. The van der Waals surface area contributed by atoms with E-state index >= 15 is 0 Å². The van der Waals surface area contributed by atoms with Gasteiger partial charge in [0, 0.05) is 60.9 Å². The van der Waals surface area contributed by atoms with Crippen LogP contribution in [0.2, 0.25) is 0 Å². The highest BCUT2D eigenvalue weighted by Crippen LogP contribution is 2.29. The lowest BCUT2D eigenvalue weighted by molar-refractivity contribution is -0.184. The van der Waals surface area contributed by atoms with E-state index in [2.05, 4.69) is 78.4 Å². The first-order chi connectivity index (χ1) is 22.4. The number of isothiocyanates is 1. The Kier molecular flexibility index (Phi) is 49.0. The van der Waals surface area contributed by atoms with Crippen molar-refractivity contribution in [2.45, 2.75) is 61.8 Å². The standard InChI is InChI=1S/C9H6F4O2.C7H9NO3.2C3H5N.C2H3NO.C2H3NS.C2H4O2.C2H6.CH4/c1-3-5(10)7(12)9(15-4(2)14)8(13)6(3)11;1-5-3-4-7(10)8(5)11-6(2)9;2*1-3-4-2;2*1-3-2-4;1-2(3)4;1-2;/h1-2H3;1,3-4H2,2H3;2*1H2,2H3;2*1H3;1H3,(H,3,4);1-2H3;1H4. The molecule has 0 spiro atoms. The summed E-state index contributed by atoms with van der Waals surface area (Å²) in [6.45, 7) is 18.0. The predicted octanol–water partition coefficient (Wildman–Crippen LogP) is 6.45. The summed E-state index contributed by atoms with van der Waals surface area (Å²) in [6.07, 6.45) is 2.26. The van der Waals surface area contributed by atoms with Crippen LogP contribution >= 0.6 is 12.2 Å². The van der Waals surface area contributed by atoms with Gasteiger partial charge in [0.05, 0.1) is 10.9 Å². The van der Waals surface area contributed by atoms with Gasteiger partial charge < -0.3 is 14.7 Å². The zero-order valence-corrected chi connectivity index (χ0v) is 29.3. The van der Waals surface area contributed by atoms with Gasteiger partial charge in [0.1, 0.15) is 0 Å². The van der Waals surface area contributed by atoms with E-state index in [0.717, 1.165) is 25.8 Å². The Labute approximate surface area is 290 Å². The van der Waals surface area contributed by atoms with Gasteiger partial charge in [-0.15, -0.1) is 5.06 Å². The van der Waals surface area contributed by atoms with Crippen LogP contribution in [0.4, 0.5) is 17.6 Å². The molecule has 1 fully saturated rings. The third-order valence-corrected chi connectivity index (χ3v) is 3.73. The maximum Gasteiger partial charge on any atom is 0.330 e. The van der Waals surface area contributed by atoms with E-state index < -0.39 is 52.5 Å². The fraction of sp³-hybridized carbons (Fsp3) is 0.419. The summed E-state index contributed by atoms with van der Waals surface area (Å²) in [5, 5.41) is 10.5. The van der Waals surface area contributed by atoms with E-state index in [4.69, 9.17) is 14.7 Å². The fourth-order valence-corrected chi connectivity index (χ4v) is 1.83. The molecular weight excluding hydrogens is 678 g/mol. The molecule has 0 radical (unpaired) electrons. The molecule has 0 bridgehead atoms. The molecule has 2 rings (SSSR count). The Hall–Kier alpha value is -5.36. The molecule has 1 N–H and O–H groups in total. The third kappa shape index (κ3) is 37.0. The molecule has 276 valence electrons. The van der Waals surface area contributed by atoms with Gasteiger partial charge in [-0.25, -0.2) is 38.3 Å². The lowest BCUT2D eigenvalue weighted by atomic mass is 10.2. The number of isocyanates is 1. The highest BCUT2D eigenvalue weighted by molar-refractivity contribution is 7.78. The van der Waals surface area contributed by atoms with Crippen LogP contribution < -0.4 is 4.74 Å². The second kappa shape index (κ2) is 40.7. The van der Waals surface area contributed by atoms with E-state index in [1.807, 2.05) is 13.8 Å². The molecule has 1 heterocycles. The molecule has 0 atom stereocenters. The number of benzene rings is 1. The number of esters is 1. The molecular formula is C31H45F4N5O8S. The SMILES string of the molecule is C.C=C1CCC(=O)N1OC(C)=O.C=C=NC.C=C=NC.CC.CC(=O)O.CC(=O)Oc1c(F)c(F)c(C)c(F)c1F.CN=C=O.CN=C=S. The molecule has 1 aliphatic rings. The number of amides is 1. The molecule has 0 unspecified atom stereocenters. The minimum absolute atomic E-state index is 0. The number of carbonyl (C=O) groups excluding carboxylic acids is 4. The lowest BCUT2D eigenvalue weighted by Crippen LogP contribution is -2.25. The van der Waals surface area contributed by atoms with E-state index in [0.29, 0.717) is 18.5 Å². The number of thiocarbonyl (C=S) groups is 1. The molecule has 1 aromatic carbocycles. The Morgan fingerprint density at radius 2 is 1.16 bits per heavy atom. The first-order valence-electron chi connectivity index (χ1n) is 12.9. The number of aliphatic imine (C=N–C) groups is 4. The second-order valence-corrected chi connectivity index (χ2v) is 7.24. The normalized spacial score (nSPS) is 9.06. The van der Waals surface area contributed by atoms with Gasteiger partial charge in [-0.3, -0.25) is 14.4 Å². The van der Waals surface area contributed by atoms with Gasteiger partial charge in [0.2, 0.25) is 23.5 Å². The van der Waals surface area contributed by atoms with Crippen LogP contribution in [-0.2, 0) is 28.8 Å². The molecule has 0 aliphatic carbocycles. The summed E-state index contributed by atoms with van der Waals surface area (Å²) >= 11 is 4.14. The smallest absolute Gasteiger partial charge is 0.330 e. The van der Waals surface area contributed by atoms with Crippen molar-refractivity contribution in [3.8, 4) is 5.75 Å². The van der Waals surface area contributed by atoms with E-state index in [9.17, 15) is 31.9 Å². The number of ether oxygens (including phenoxy) is 1. The zero-order valence-electron chi connectivity index (χ0n) is 28.5. The predicted molar refractivity (Wildman–Crippen MR) is 184 cm³/mol. The number of allylic oxidation sites excluding steroid dienone is 1. The van der Waals surface area contributed by atoms with Crippen LogP contribution in [0, 0.1) is 30.2 Å². The van der Waals surface area contributed by atoms with Crippen LogP contribution in [0.5, 0.6) is 5.75 Å². The second-order valence-electron chi connectivity index (χ2n) is 7.05. The molecule has 1 saturated heterocycles. The highest BCUT2D eigenvalue weighted by atomic mass is 32.1. The van der Waals surface area contributed by atoms with Crippen LogP contribution in [0.1, 0.15) is 60.5 Å². The number of carbonyl (C=O) groups is 4. The highest BCUT2D eigenvalue weighted by Gasteiger charge is 2.27. The average Bonchev–Trinajstić information content (AvgIpc) is 3.37. The number of aliphatic carboxylic acids is 1. The fourth-order valence-electron chi connectivity index (χ4n) is 1.83. The lowest BCUT2D eigenvalue weighted by Gasteiger charge is -2.13. The molecule has 18 heteroatoms. The van der Waals surface area contributed by atoms with E-state index in [1.165, 1.54) is 20.1 Å². The first kappa shape index (κ1) is 59.1. The Bertz CT molecular complexity index is 1250. The molecule has 1 aromatic rings. The monoisotopic (exact) mass is 723 g/mol. The van der Waals surface area contributed by atoms with Gasteiger partial charge in [-0.1, -0.05) is 27.9 Å². The van der Waals surface area contributed by atoms with Crippen molar-refractivity contribution in [2.75, 3.05) is 28.2 Å². The third-order valence-electron chi connectivity index (χ3n) is 3.55. The van der Waals surface area contributed by atoms with Gasteiger partial charge in [0.15, 0.2) is 11.6 Å². The van der Waals surface area contributed by atoms with Crippen molar-refractivity contribution in [3.63, 3.8) is 0 Å². The van der Waals surface area contributed by atoms with Crippen molar-refractivity contribution in [1.82, 2.24) is 5.06 Å². The van der Waals surface area contributed by atoms with Crippen molar-refractivity contribution in [2.24, 2.45) is 20.0 Å². The van der Waals surface area contributed by atoms with Crippen molar-refractivity contribution in [1.29, 1.82) is 0 Å². The molecule has 0 aromatic heterocycles. The first-order valence-corrected chi connectivity index (χ1v) is 13.3. The topological polar surface area (TPSA) is 177 Å². The maximum atomic E-state index is 13.0. The summed E-state index contributed by atoms with van der Waals surface area (Å²) in [7, 11) is 6.24. The molecule has 13 nitrogen and oxygen atoms in total. The van der Waals surface area contributed by atoms with Crippen molar-refractivity contribution < 1.29 is 56.2 Å². The minimum Gasteiger partial charge on any atom is -0.481 e. The number of halogens is 4. The number of carboxylic acids is 1. The minimum atomic E-state index is -1.72. The van der Waals surface area contributed by atoms with Crippen LogP contribution in [0.3, 0.4) is 0 Å². The summed E-state index contributed by atoms with van der Waals surface area (Å²) in [6, 6.07) is 0. The van der Waals surface area contributed by atoms with E-state index in [-0.39, 0.29) is 13.3 Å².